The average Bonchev–Trinajstić information content (AvgIpc) is 2.03. The molecule has 0 aromatic carbocycles. The monoisotopic (exact) mass is 192 g/mol. The minimum absolute atomic E-state index is 0.118. The van der Waals surface area contributed by atoms with E-state index in [0.717, 1.165) is 0 Å². The number of alkyl halides is 2. The van der Waals surface area contributed by atoms with E-state index >= 15 is 0 Å². The van der Waals surface area contributed by atoms with Crippen LogP contribution in [0.3, 0.4) is 0 Å². The Bertz CT molecular complexity index is 196. The first-order chi connectivity index (χ1) is 5.92. The third-order valence-electron chi connectivity index (χ3n) is 2.20. The van der Waals surface area contributed by atoms with Crippen molar-refractivity contribution < 1.29 is 13.6 Å². The molecule has 1 atom stereocenters. The maximum absolute atomic E-state index is 12.7. The molecule has 0 aromatic rings. The van der Waals surface area contributed by atoms with Crippen molar-refractivity contribution in [3.05, 3.63) is 0 Å². The van der Waals surface area contributed by atoms with Gasteiger partial charge in [0.05, 0.1) is 6.04 Å². The molecule has 0 spiro atoms. The van der Waals surface area contributed by atoms with Crippen molar-refractivity contribution in [1.29, 1.82) is 0 Å². The lowest BCUT2D eigenvalue weighted by Gasteiger charge is -2.32. The maximum Gasteiger partial charge on any atom is 0.251 e. The van der Waals surface area contributed by atoms with Crippen molar-refractivity contribution in [3.63, 3.8) is 0 Å². The highest BCUT2D eigenvalue weighted by Crippen LogP contribution is 2.27. The van der Waals surface area contributed by atoms with E-state index in [-0.39, 0.29) is 31.8 Å². The number of nitrogens with two attached hydrogens (primary N) is 1. The van der Waals surface area contributed by atoms with Crippen molar-refractivity contribution in [1.82, 2.24) is 4.90 Å². The van der Waals surface area contributed by atoms with Crippen LogP contribution in [-0.4, -0.2) is 35.9 Å². The Balaban J connectivity index is 2.46. The zero-order valence-electron chi connectivity index (χ0n) is 7.59. The Kier molecular flexibility index (Phi) is 2.85. The highest BCUT2D eigenvalue weighted by molar-refractivity contribution is 5.81. The van der Waals surface area contributed by atoms with Crippen LogP contribution < -0.4 is 5.73 Å². The van der Waals surface area contributed by atoms with Gasteiger partial charge in [-0.15, -0.1) is 0 Å². The highest BCUT2D eigenvalue weighted by Gasteiger charge is 2.35. The van der Waals surface area contributed by atoms with Crippen molar-refractivity contribution in [2.75, 3.05) is 13.1 Å². The second kappa shape index (κ2) is 3.57. The number of carbonyl (C=O) groups excluding carboxylic acids is 1. The fourth-order valence-electron chi connectivity index (χ4n) is 1.34. The number of hydrogen-bond donors (Lipinski definition) is 1. The average molecular weight is 192 g/mol. The van der Waals surface area contributed by atoms with E-state index in [2.05, 4.69) is 0 Å². The molecule has 1 unspecified atom stereocenters. The first kappa shape index (κ1) is 10.4. The quantitative estimate of drug-likeness (QED) is 0.661. The Hall–Kier alpha value is -0.710. The predicted molar refractivity (Wildman–Crippen MR) is 44.4 cm³/mol. The SMILES string of the molecule is CC(N)C(=O)N1CCC(F)(F)CC1. The second-order valence-corrected chi connectivity index (χ2v) is 3.47. The molecule has 76 valence electrons. The van der Waals surface area contributed by atoms with E-state index in [9.17, 15) is 13.6 Å². The number of halogens is 2. The lowest BCUT2D eigenvalue weighted by molar-refractivity contribution is -0.138. The van der Waals surface area contributed by atoms with E-state index in [1.807, 2.05) is 0 Å². The van der Waals surface area contributed by atoms with Crippen LogP contribution in [0.4, 0.5) is 8.78 Å². The molecule has 0 aromatic heterocycles. The predicted octanol–water partition coefficient (Wildman–Crippen LogP) is 0.591. The van der Waals surface area contributed by atoms with Gasteiger partial charge in [-0.05, 0) is 6.92 Å². The van der Waals surface area contributed by atoms with Gasteiger partial charge in [-0.2, -0.15) is 0 Å². The van der Waals surface area contributed by atoms with Crippen molar-refractivity contribution >= 4 is 5.91 Å². The molecule has 0 radical (unpaired) electrons. The summed E-state index contributed by atoms with van der Waals surface area (Å²) in [5.74, 6) is -2.84. The Morgan fingerprint density at radius 2 is 1.92 bits per heavy atom. The number of likely N-dealkylation sites (tertiary alicyclic amines) is 1. The summed E-state index contributed by atoms with van der Waals surface area (Å²) in [5, 5.41) is 0. The van der Waals surface area contributed by atoms with E-state index in [0.29, 0.717) is 0 Å². The van der Waals surface area contributed by atoms with Crippen molar-refractivity contribution in [2.45, 2.75) is 31.7 Å². The normalized spacial score (nSPS) is 24.2. The molecule has 1 fully saturated rings. The number of amides is 1. The minimum Gasteiger partial charge on any atom is -0.341 e. The lowest BCUT2D eigenvalue weighted by Crippen LogP contribution is -2.48. The topological polar surface area (TPSA) is 46.3 Å². The van der Waals surface area contributed by atoms with E-state index < -0.39 is 12.0 Å². The summed E-state index contributed by atoms with van der Waals surface area (Å²) >= 11 is 0. The van der Waals surface area contributed by atoms with Crippen LogP contribution >= 0.6 is 0 Å². The lowest BCUT2D eigenvalue weighted by atomic mass is 10.1. The number of piperidine rings is 1. The van der Waals surface area contributed by atoms with Crippen molar-refractivity contribution in [2.24, 2.45) is 5.73 Å². The Labute approximate surface area is 75.9 Å². The van der Waals surface area contributed by atoms with Crippen LogP contribution in [0.1, 0.15) is 19.8 Å². The zero-order valence-corrected chi connectivity index (χ0v) is 7.59. The fraction of sp³-hybridized carbons (Fsp3) is 0.875. The van der Waals surface area contributed by atoms with Gasteiger partial charge in [0.1, 0.15) is 0 Å². The number of rotatable bonds is 1. The number of carbonyl (C=O) groups is 1. The summed E-state index contributed by atoms with van der Waals surface area (Å²) in [6.07, 6.45) is -0.489. The molecule has 1 heterocycles. The summed E-state index contributed by atoms with van der Waals surface area (Å²) in [7, 11) is 0. The van der Waals surface area contributed by atoms with E-state index in [4.69, 9.17) is 5.73 Å². The van der Waals surface area contributed by atoms with Crippen LogP contribution in [-0.2, 0) is 4.79 Å². The first-order valence-corrected chi connectivity index (χ1v) is 4.34. The van der Waals surface area contributed by atoms with Gasteiger partial charge in [-0.1, -0.05) is 0 Å². The van der Waals surface area contributed by atoms with Crippen LogP contribution in [0.2, 0.25) is 0 Å². The number of hydrogen-bond acceptors (Lipinski definition) is 2. The molecule has 5 heteroatoms. The molecule has 1 amide bonds. The molecular weight excluding hydrogens is 178 g/mol. The molecule has 1 aliphatic rings. The van der Waals surface area contributed by atoms with Gasteiger partial charge in [0.2, 0.25) is 5.91 Å². The summed E-state index contributed by atoms with van der Waals surface area (Å²) < 4.78 is 25.3. The highest BCUT2D eigenvalue weighted by atomic mass is 19.3. The van der Waals surface area contributed by atoms with E-state index in [1.165, 1.54) is 4.90 Å². The molecule has 1 saturated heterocycles. The van der Waals surface area contributed by atoms with Gasteiger partial charge in [-0.3, -0.25) is 4.79 Å². The molecule has 1 aliphatic heterocycles. The van der Waals surface area contributed by atoms with Gasteiger partial charge in [0.25, 0.3) is 5.92 Å². The van der Waals surface area contributed by atoms with Crippen molar-refractivity contribution in [3.8, 4) is 0 Å². The standard InChI is InChI=1S/C8H14F2N2O/c1-6(11)7(13)12-4-2-8(9,10)3-5-12/h6H,2-5,11H2,1H3. The van der Waals surface area contributed by atoms with Gasteiger partial charge in [0, 0.05) is 25.9 Å². The Morgan fingerprint density at radius 3 is 2.31 bits per heavy atom. The van der Waals surface area contributed by atoms with Gasteiger partial charge in [0.15, 0.2) is 0 Å². The molecule has 2 N–H and O–H groups in total. The molecular formula is C8H14F2N2O. The summed E-state index contributed by atoms with van der Waals surface area (Å²) in [4.78, 5) is 12.7. The first-order valence-electron chi connectivity index (χ1n) is 4.34. The van der Waals surface area contributed by atoms with Crippen LogP contribution in [0.15, 0.2) is 0 Å². The minimum atomic E-state index is -2.60. The third-order valence-corrected chi connectivity index (χ3v) is 2.20. The van der Waals surface area contributed by atoms with Crippen LogP contribution in [0.5, 0.6) is 0 Å². The third kappa shape index (κ3) is 2.62. The largest absolute Gasteiger partial charge is 0.341 e. The van der Waals surface area contributed by atoms with E-state index in [1.54, 1.807) is 6.92 Å². The summed E-state index contributed by atoms with van der Waals surface area (Å²) in [6, 6.07) is -0.591. The molecule has 0 aliphatic carbocycles. The van der Waals surface area contributed by atoms with Gasteiger partial charge >= 0.3 is 0 Å². The van der Waals surface area contributed by atoms with Gasteiger partial charge in [-0.25, -0.2) is 8.78 Å². The molecule has 3 nitrogen and oxygen atoms in total. The Morgan fingerprint density at radius 1 is 1.46 bits per heavy atom. The molecule has 0 bridgehead atoms. The van der Waals surface area contributed by atoms with Gasteiger partial charge < -0.3 is 10.6 Å². The molecule has 1 rings (SSSR count). The second-order valence-electron chi connectivity index (χ2n) is 3.47. The summed E-state index contributed by atoms with van der Waals surface area (Å²) in [6.45, 7) is 1.80. The number of nitrogens with zero attached hydrogens (tertiary/aromatic N) is 1. The molecule has 13 heavy (non-hydrogen) atoms. The molecule has 0 saturated carbocycles. The fourth-order valence-corrected chi connectivity index (χ4v) is 1.34. The smallest absolute Gasteiger partial charge is 0.251 e. The summed E-state index contributed by atoms with van der Waals surface area (Å²) in [5.41, 5.74) is 5.36. The van der Waals surface area contributed by atoms with Crippen LogP contribution in [0.25, 0.3) is 0 Å². The van der Waals surface area contributed by atoms with Crippen LogP contribution in [0, 0.1) is 0 Å². The zero-order chi connectivity index (χ0) is 10.1. The maximum atomic E-state index is 12.7.